The summed E-state index contributed by atoms with van der Waals surface area (Å²) in [5.41, 5.74) is -0.534. The predicted molar refractivity (Wildman–Crippen MR) is 68.5 cm³/mol. The van der Waals surface area contributed by atoms with E-state index in [2.05, 4.69) is 4.72 Å². The van der Waals surface area contributed by atoms with E-state index in [1.807, 2.05) is 6.92 Å². The maximum Gasteiger partial charge on any atom is 0.311 e. The van der Waals surface area contributed by atoms with Crippen molar-refractivity contribution in [2.45, 2.75) is 33.6 Å². The minimum absolute atomic E-state index is 0.00495. The standard InChI is InChI=1S/C11H23NO5S/c1-4-11(2,3)10(14)17-8-5-9-18(15,16)12-6-7-13/h12-13H,4-9H2,1-3H3. The van der Waals surface area contributed by atoms with Crippen LogP contribution in [0, 0.1) is 5.41 Å². The van der Waals surface area contributed by atoms with E-state index < -0.39 is 15.4 Å². The normalized spacial score (nSPS) is 12.4. The van der Waals surface area contributed by atoms with E-state index in [1.54, 1.807) is 13.8 Å². The average molecular weight is 281 g/mol. The molecule has 0 aromatic heterocycles. The van der Waals surface area contributed by atoms with Gasteiger partial charge in [-0.25, -0.2) is 13.1 Å². The molecule has 18 heavy (non-hydrogen) atoms. The zero-order valence-electron chi connectivity index (χ0n) is 11.2. The number of rotatable bonds is 9. The third-order valence-corrected chi connectivity index (χ3v) is 4.13. The topological polar surface area (TPSA) is 92.7 Å². The van der Waals surface area contributed by atoms with Crippen LogP contribution in [-0.2, 0) is 19.6 Å². The van der Waals surface area contributed by atoms with Crippen LogP contribution in [0.3, 0.4) is 0 Å². The van der Waals surface area contributed by atoms with Crippen molar-refractivity contribution in [3.8, 4) is 0 Å². The molecule has 0 aliphatic carbocycles. The predicted octanol–water partition coefficient (Wildman–Crippen LogP) is 0.268. The third-order valence-electron chi connectivity index (χ3n) is 2.66. The molecule has 0 saturated heterocycles. The van der Waals surface area contributed by atoms with E-state index in [1.165, 1.54) is 0 Å². The smallest absolute Gasteiger partial charge is 0.311 e. The molecule has 0 bridgehead atoms. The molecule has 2 N–H and O–H groups in total. The van der Waals surface area contributed by atoms with Crippen molar-refractivity contribution in [2.24, 2.45) is 5.41 Å². The van der Waals surface area contributed by atoms with Crippen molar-refractivity contribution in [1.29, 1.82) is 0 Å². The highest BCUT2D eigenvalue weighted by Gasteiger charge is 2.26. The summed E-state index contributed by atoms with van der Waals surface area (Å²) in [5.74, 6) is -0.432. The first kappa shape index (κ1) is 17.3. The summed E-state index contributed by atoms with van der Waals surface area (Å²) >= 11 is 0. The molecule has 108 valence electrons. The minimum atomic E-state index is -3.38. The second kappa shape index (κ2) is 7.70. The lowest BCUT2D eigenvalue weighted by Crippen LogP contribution is -2.30. The van der Waals surface area contributed by atoms with Gasteiger partial charge in [-0.05, 0) is 26.7 Å². The number of carbonyl (C=O) groups excluding carboxylic acids is 1. The number of ether oxygens (including phenoxy) is 1. The molecule has 0 amide bonds. The van der Waals surface area contributed by atoms with Gasteiger partial charge in [-0.15, -0.1) is 0 Å². The summed E-state index contributed by atoms with van der Waals surface area (Å²) in [4.78, 5) is 11.6. The molecule has 0 heterocycles. The summed E-state index contributed by atoms with van der Waals surface area (Å²) in [5, 5.41) is 8.49. The molecule has 0 aromatic rings. The molecule has 0 atom stereocenters. The van der Waals surface area contributed by atoms with Gasteiger partial charge in [0, 0.05) is 6.54 Å². The summed E-state index contributed by atoms with van der Waals surface area (Å²) in [6.45, 7) is 5.32. The fourth-order valence-electron chi connectivity index (χ4n) is 1.03. The molecule has 0 radical (unpaired) electrons. The van der Waals surface area contributed by atoms with Gasteiger partial charge in [-0.1, -0.05) is 6.92 Å². The van der Waals surface area contributed by atoms with E-state index >= 15 is 0 Å². The van der Waals surface area contributed by atoms with Gasteiger partial charge in [-0.3, -0.25) is 4.79 Å². The maximum atomic E-state index is 11.6. The number of carbonyl (C=O) groups is 1. The molecule has 6 nitrogen and oxygen atoms in total. The van der Waals surface area contributed by atoms with Gasteiger partial charge >= 0.3 is 5.97 Å². The number of hydrogen-bond acceptors (Lipinski definition) is 5. The summed E-state index contributed by atoms with van der Waals surface area (Å²) < 4.78 is 29.9. The van der Waals surface area contributed by atoms with Crippen molar-refractivity contribution in [3.63, 3.8) is 0 Å². The highest BCUT2D eigenvalue weighted by atomic mass is 32.2. The van der Waals surface area contributed by atoms with E-state index in [9.17, 15) is 13.2 Å². The number of aliphatic hydroxyl groups is 1. The fourth-order valence-corrected chi connectivity index (χ4v) is 2.07. The first-order valence-corrected chi connectivity index (χ1v) is 7.66. The molecule has 0 saturated carbocycles. The zero-order chi connectivity index (χ0) is 14.2. The van der Waals surface area contributed by atoms with E-state index in [0.717, 1.165) is 0 Å². The summed E-state index contributed by atoms with van der Waals surface area (Å²) in [6.07, 6.45) is 0.911. The lowest BCUT2D eigenvalue weighted by Gasteiger charge is -2.20. The molecule has 0 aliphatic heterocycles. The van der Waals surface area contributed by atoms with Gasteiger partial charge in [0.1, 0.15) is 0 Å². The molecule has 7 heteroatoms. The first-order valence-electron chi connectivity index (χ1n) is 6.00. The van der Waals surface area contributed by atoms with Gasteiger partial charge in [-0.2, -0.15) is 0 Å². The summed E-state index contributed by atoms with van der Waals surface area (Å²) in [6, 6.07) is 0. The van der Waals surface area contributed by atoms with Crippen LogP contribution in [0.5, 0.6) is 0 Å². The highest BCUT2D eigenvalue weighted by molar-refractivity contribution is 7.89. The van der Waals surface area contributed by atoms with Crippen molar-refractivity contribution in [2.75, 3.05) is 25.5 Å². The van der Waals surface area contributed by atoms with Crippen LogP contribution in [0.1, 0.15) is 33.6 Å². The Labute approximate surface area is 109 Å². The van der Waals surface area contributed by atoms with Crippen molar-refractivity contribution < 1.29 is 23.1 Å². The van der Waals surface area contributed by atoms with Crippen molar-refractivity contribution in [3.05, 3.63) is 0 Å². The Morgan fingerprint density at radius 1 is 1.39 bits per heavy atom. The van der Waals surface area contributed by atoms with Crippen LogP contribution in [0.4, 0.5) is 0 Å². The van der Waals surface area contributed by atoms with Crippen molar-refractivity contribution in [1.82, 2.24) is 4.72 Å². The van der Waals surface area contributed by atoms with E-state index in [0.29, 0.717) is 6.42 Å². The number of hydrogen-bond donors (Lipinski definition) is 2. The minimum Gasteiger partial charge on any atom is -0.465 e. The molecule has 0 spiro atoms. The Balaban J connectivity index is 3.91. The Kier molecular flexibility index (Phi) is 7.42. The third kappa shape index (κ3) is 6.93. The molecule has 0 fully saturated rings. The molecular formula is C11H23NO5S. The second-order valence-electron chi connectivity index (χ2n) is 4.66. The van der Waals surface area contributed by atoms with Crippen LogP contribution >= 0.6 is 0 Å². The number of esters is 1. The number of sulfonamides is 1. The van der Waals surface area contributed by atoms with Gasteiger partial charge in [0.05, 0.1) is 24.4 Å². The van der Waals surface area contributed by atoms with Gasteiger partial charge in [0.15, 0.2) is 0 Å². The van der Waals surface area contributed by atoms with Gasteiger partial charge in [0.2, 0.25) is 10.0 Å². The largest absolute Gasteiger partial charge is 0.465 e. The Morgan fingerprint density at radius 3 is 2.50 bits per heavy atom. The van der Waals surface area contributed by atoms with Gasteiger partial charge < -0.3 is 9.84 Å². The Bertz CT molecular complexity index is 350. The maximum absolute atomic E-state index is 11.6. The number of aliphatic hydroxyl groups excluding tert-OH is 1. The number of nitrogens with one attached hydrogen (secondary N) is 1. The van der Waals surface area contributed by atoms with E-state index in [4.69, 9.17) is 9.84 Å². The highest BCUT2D eigenvalue weighted by Crippen LogP contribution is 2.21. The zero-order valence-corrected chi connectivity index (χ0v) is 12.0. The molecule has 0 aromatic carbocycles. The molecule has 0 unspecified atom stereocenters. The quantitative estimate of drug-likeness (QED) is 0.467. The Hall–Kier alpha value is -0.660. The monoisotopic (exact) mass is 281 g/mol. The molecular weight excluding hydrogens is 258 g/mol. The second-order valence-corrected chi connectivity index (χ2v) is 6.59. The van der Waals surface area contributed by atoms with Crippen LogP contribution < -0.4 is 4.72 Å². The molecule has 0 aliphatic rings. The lowest BCUT2D eigenvalue weighted by atomic mass is 9.91. The molecule has 0 rings (SSSR count). The van der Waals surface area contributed by atoms with Crippen LogP contribution in [0.2, 0.25) is 0 Å². The first-order chi connectivity index (χ1) is 8.25. The van der Waals surface area contributed by atoms with Gasteiger partial charge in [0.25, 0.3) is 0 Å². The average Bonchev–Trinajstić information content (AvgIpc) is 2.31. The Morgan fingerprint density at radius 2 is 2.00 bits per heavy atom. The fraction of sp³-hybridized carbons (Fsp3) is 0.909. The van der Waals surface area contributed by atoms with Crippen LogP contribution in [0.15, 0.2) is 0 Å². The van der Waals surface area contributed by atoms with Crippen LogP contribution in [0.25, 0.3) is 0 Å². The van der Waals surface area contributed by atoms with E-state index in [-0.39, 0.29) is 37.9 Å². The SMILES string of the molecule is CCC(C)(C)C(=O)OCCCS(=O)(=O)NCCO. The summed E-state index contributed by atoms with van der Waals surface area (Å²) in [7, 11) is -3.38. The van der Waals surface area contributed by atoms with Crippen LogP contribution in [-0.4, -0.2) is 45.0 Å². The van der Waals surface area contributed by atoms with Crippen molar-refractivity contribution >= 4 is 16.0 Å². The lowest BCUT2D eigenvalue weighted by molar-refractivity contribution is -0.154.